The first-order chi connectivity index (χ1) is 23.3. The molecule has 3 heterocycles. The fraction of sp³-hybridized carbons (Fsp3) is 0. The lowest BCUT2D eigenvalue weighted by molar-refractivity contribution is 0.465. The Morgan fingerprint density at radius 1 is 0.489 bits per heavy atom. The zero-order valence-electron chi connectivity index (χ0n) is 25.3. The lowest BCUT2D eigenvalue weighted by Gasteiger charge is -2.35. The van der Waals surface area contributed by atoms with Crippen molar-refractivity contribution in [3.63, 3.8) is 0 Å². The van der Waals surface area contributed by atoms with Gasteiger partial charge in [0.1, 0.15) is 23.0 Å². The summed E-state index contributed by atoms with van der Waals surface area (Å²) in [5.41, 5.74) is 8.87. The number of nitrogens with zero attached hydrogens (tertiary/aromatic N) is 1. The van der Waals surface area contributed by atoms with Crippen LogP contribution in [-0.4, -0.2) is 6.71 Å². The molecular formula is C42H26BNO2S. The van der Waals surface area contributed by atoms with Crippen molar-refractivity contribution in [1.82, 2.24) is 0 Å². The van der Waals surface area contributed by atoms with Crippen LogP contribution >= 0.6 is 11.3 Å². The first-order valence-electron chi connectivity index (χ1n) is 15.9. The van der Waals surface area contributed by atoms with Gasteiger partial charge < -0.3 is 14.4 Å². The van der Waals surface area contributed by atoms with Crippen LogP contribution in [0.1, 0.15) is 0 Å². The highest BCUT2D eigenvalue weighted by molar-refractivity contribution is 7.26. The number of thiophene rings is 1. The van der Waals surface area contributed by atoms with E-state index in [0.29, 0.717) is 0 Å². The predicted molar refractivity (Wildman–Crippen MR) is 197 cm³/mol. The minimum atomic E-state index is 0.0262. The smallest absolute Gasteiger partial charge is 0.260 e. The molecule has 8 aromatic rings. The maximum absolute atomic E-state index is 6.75. The van der Waals surface area contributed by atoms with Gasteiger partial charge in [0, 0.05) is 49.0 Å². The van der Waals surface area contributed by atoms with Crippen LogP contribution in [0.25, 0.3) is 31.3 Å². The van der Waals surface area contributed by atoms with Gasteiger partial charge in [-0.1, -0.05) is 109 Å². The summed E-state index contributed by atoms with van der Waals surface area (Å²) in [5.74, 6) is 3.40. The number of hydrogen-bond acceptors (Lipinski definition) is 4. The molecule has 0 saturated carbocycles. The van der Waals surface area contributed by atoms with Crippen molar-refractivity contribution in [3.8, 4) is 34.1 Å². The first-order valence-corrected chi connectivity index (χ1v) is 16.7. The lowest BCUT2D eigenvalue weighted by Crippen LogP contribution is -2.57. The Kier molecular flexibility index (Phi) is 5.84. The molecule has 5 heteroatoms. The van der Waals surface area contributed by atoms with E-state index in [0.717, 1.165) is 67.6 Å². The average molecular weight is 620 g/mol. The highest BCUT2D eigenvalue weighted by Crippen LogP contribution is 2.51. The topological polar surface area (TPSA) is 21.7 Å². The fourth-order valence-electron chi connectivity index (χ4n) is 7.37. The van der Waals surface area contributed by atoms with Crippen LogP contribution in [0.5, 0.6) is 23.0 Å². The SMILES string of the molecule is c1ccc(-c2ccc3sc4ccccc4c3c2N(c2ccccc2)c2cc3c4c(c2)Oc2ccccc2B4c2ccccc2O3)cc1. The molecule has 0 N–H and O–H groups in total. The van der Waals surface area contributed by atoms with Gasteiger partial charge in [-0.05, 0) is 52.9 Å². The number of fused-ring (bicyclic) bond motifs is 7. The van der Waals surface area contributed by atoms with Crippen molar-refractivity contribution in [2.24, 2.45) is 0 Å². The van der Waals surface area contributed by atoms with E-state index in [2.05, 4.69) is 150 Å². The van der Waals surface area contributed by atoms with Gasteiger partial charge in [-0.15, -0.1) is 11.3 Å². The predicted octanol–water partition coefficient (Wildman–Crippen LogP) is 9.92. The van der Waals surface area contributed by atoms with Gasteiger partial charge in [0.15, 0.2) is 0 Å². The Hall–Kier alpha value is -5.78. The second-order valence-electron chi connectivity index (χ2n) is 12.0. The van der Waals surface area contributed by atoms with Gasteiger partial charge in [0.25, 0.3) is 6.71 Å². The van der Waals surface area contributed by atoms with Gasteiger partial charge in [-0.3, -0.25) is 0 Å². The summed E-state index contributed by atoms with van der Waals surface area (Å²) in [7, 11) is 0. The largest absolute Gasteiger partial charge is 0.458 e. The standard InChI is InChI=1S/C42H26BNO2S/c1-3-13-27(14-4-1)30-23-24-39-40(31-17-7-12-22-38(31)47-39)42(30)44(28-15-5-2-6-16-28)29-25-36-41-37(26-29)46-35-21-11-9-19-33(35)43(41)32-18-8-10-20-34(32)45-36/h1-26H. The highest BCUT2D eigenvalue weighted by Gasteiger charge is 2.40. The fourth-order valence-corrected chi connectivity index (χ4v) is 8.48. The van der Waals surface area contributed by atoms with Crippen molar-refractivity contribution in [3.05, 3.63) is 158 Å². The average Bonchev–Trinajstić information content (AvgIpc) is 3.51. The van der Waals surface area contributed by atoms with Gasteiger partial charge in [-0.25, -0.2) is 0 Å². The molecule has 0 spiro atoms. The molecule has 3 nitrogen and oxygen atoms in total. The van der Waals surface area contributed by atoms with Crippen LogP contribution in [0.4, 0.5) is 17.1 Å². The van der Waals surface area contributed by atoms with Crippen molar-refractivity contribution >= 4 is 71.7 Å². The minimum absolute atomic E-state index is 0.0262. The molecule has 0 unspecified atom stereocenters. The molecule has 0 aliphatic carbocycles. The number of ether oxygens (including phenoxy) is 2. The molecular weight excluding hydrogens is 593 g/mol. The number of hydrogen-bond donors (Lipinski definition) is 0. The molecule has 47 heavy (non-hydrogen) atoms. The van der Waals surface area contributed by atoms with Crippen LogP contribution in [0.15, 0.2) is 158 Å². The molecule has 220 valence electrons. The van der Waals surface area contributed by atoms with Crippen molar-refractivity contribution in [2.75, 3.05) is 4.90 Å². The van der Waals surface area contributed by atoms with Crippen molar-refractivity contribution in [2.45, 2.75) is 0 Å². The maximum Gasteiger partial charge on any atom is 0.260 e. The molecule has 0 amide bonds. The molecule has 0 atom stereocenters. The van der Waals surface area contributed by atoms with E-state index in [1.807, 2.05) is 23.5 Å². The summed E-state index contributed by atoms with van der Waals surface area (Å²) in [6.45, 7) is 0.0262. The Morgan fingerprint density at radius 2 is 1.09 bits per heavy atom. The van der Waals surface area contributed by atoms with E-state index >= 15 is 0 Å². The molecule has 10 rings (SSSR count). The third-order valence-corrected chi connectivity index (χ3v) is 10.5. The second-order valence-corrected chi connectivity index (χ2v) is 13.1. The second kappa shape index (κ2) is 10.4. The van der Waals surface area contributed by atoms with Crippen molar-refractivity contribution < 1.29 is 9.47 Å². The van der Waals surface area contributed by atoms with Crippen molar-refractivity contribution in [1.29, 1.82) is 0 Å². The normalized spacial score (nSPS) is 12.6. The molecule has 0 fully saturated rings. The summed E-state index contributed by atoms with van der Waals surface area (Å²) in [6, 6.07) is 55.8. The zero-order valence-corrected chi connectivity index (χ0v) is 26.1. The zero-order chi connectivity index (χ0) is 30.9. The van der Waals surface area contributed by atoms with Crippen LogP contribution < -0.4 is 30.8 Å². The quantitative estimate of drug-likeness (QED) is 0.183. The van der Waals surface area contributed by atoms with Gasteiger partial charge in [0.05, 0.1) is 11.4 Å². The summed E-state index contributed by atoms with van der Waals surface area (Å²) < 4.78 is 16.0. The summed E-state index contributed by atoms with van der Waals surface area (Å²) in [4.78, 5) is 2.39. The third kappa shape index (κ3) is 4.07. The summed E-state index contributed by atoms with van der Waals surface area (Å²) >= 11 is 1.84. The van der Waals surface area contributed by atoms with Crippen LogP contribution in [0, 0.1) is 0 Å². The number of rotatable bonds is 4. The monoisotopic (exact) mass is 619 g/mol. The Labute approximate surface area is 277 Å². The molecule has 0 bridgehead atoms. The Morgan fingerprint density at radius 3 is 1.79 bits per heavy atom. The van der Waals surface area contributed by atoms with Crippen LogP contribution in [0.3, 0.4) is 0 Å². The third-order valence-electron chi connectivity index (χ3n) is 9.37. The van der Waals surface area contributed by atoms with Gasteiger partial charge >= 0.3 is 0 Å². The minimum Gasteiger partial charge on any atom is -0.458 e. The maximum atomic E-state index is 6.75. The number of benzene rings is 7. The van der Waals surface area contributed by atoms with E-state index in [4.69, 9.17) is 9.47 Å². The van der Waals surface area contributed by atoms with Gasteiger partial charge in [0.2, 0.25) is 0 Å². The number of para-hydroxylation sites is 3. The lowest BCUT2D eigenvalue weighted by atomic mass is 9.35. The van der Waals surface area contributed by atoms with E-state index in [-0.39, 0.29) is 6.71 Å². The van der Waals surface area contributed by atoms with Crippen LogP contribution in [0.2, 0.25) is 0 Å². The van der Waals surface area contributed by atoms with E-state index in [9.17, 15) is 0 Å². The molecule has 1 aromatic heterocycles. The van der Waals surface area contributed by atoms with E-state index in [1.54, 1.807) is 0 Å². The Balaban J connectivity index is 1.30. The highest BCUT2D eigenvalue weighted by atomic mass is 32.1. The molecule has 2 aliphatic heterocycles. The van der Waals surface area contributed by atoms with E-state index < -0.39 is 0 Å². The Bertz CT molecular complexity index is 2420. The van der Waals surface area contributed by atoms with Gasteiger partial charge in [-0.2, -0.15) is 0 Å². The molecule has 2 aliphatic rings. The molecule has 0 radical (unpaired) electrons. The van der Waals surface area contributed by atoms with E-state index in [1.165, 1.54) is 20.2 Å². The number of anilines is 3. The van der Waals surface area contributed by atoms with Crippen LogP contribution in [-0.2, 0) is 0 Å². The summed E-state index contributed by atoms with van der Waals surface area (Å²) in [5, 5.41) is 2.48. The first kappa shape index (κ1) is 26.4. The molecule has 0 saturated heterocycles. The summed E-state index contributed by atoms with van der Waals surface area (Å²) in [6.07, 6.45) is 0. The molecule has 7 aromatic carbocycles.